The highest BCUT2D eigenvalue weighted by atomic mass is 127. The standard InChI is InChI=1S/C19H37N5O2.HI/c1-7-20-15(25)18(3,4)13-22-17(21-8-2)23-14-19(11-9-10-12-19)16(26)24(5)6;/h7-14H2,1-6H3,(H,20,25)(H2,21,22,23);1H. The average Bonchev–Trinajstić information content (AvgIpc) is 3.06. The van der Waals surface area contributed by atoms with E-state index in [1.807, 2.05) is 41.8 Å². The summed E-state index contributed by atoms with van der Waals surface area (Å²) in [5, 5.41) is 9.41. The third kappa shape index (κ3) is 7.46. The molecule has 2 amide bonds. The summed E-state index contributed by atoms with van der Waals surface area (Å²) in [6, 6.07) is 0. The maximum Gasteiger partial charge on any atom is 0.230 e. The lowest BCUT2D eigenvalue weighted by atomic mass is 9.84. The van der Waals surface area contributed by atoms with E-state index < -0.39 is 5.41 Å². The zero-order chi connectivity index (χ0) is 19.8. The fraction of sp³-hybridized carbons (Fsp3) is 0.842. The van der Waals surface area contributed by atoms with Gasteiger partial charge in [-0.1, -0.05) is 12.8 Å². The van der Waals surface area contributed by atoms with Crippen LogP contribution in [-0.2, 0) is 9.59 Å². The van der Waals surface area contributed by atoms with Crippen molar-refractivity contribution in [1.82, 2.24) is 20.9 Å². The minimum absolute atomic E-state index is 0. The molecule has 8 heteroatoms. The fourth-order valence-electron chi connectivity index (χ4n) is 3.34. The van der Waals surface area contributed by atoms with Crippen LogP contribution in [0.4, 0.5) is 0 Å². The molecule has 0 aromatic heterocycles. The lowest BCUT2D eigenvalue weighted by Crippen LogP contribution is -2.49. The van der Waals surface area contributed by atoms with Gasteiger partial charge in [0.25, 0.3) is 0 Å². The van der Waals surface area contributed by atoms with Crippen molar-refractivity contribution in [2.24, 2.45) is 15.8 Å². The van der Waals surface area contributed by atoms with Gasteiger partial charge in [-0.25, -0.2) is 0 Å². The quantitative estimate of drug-likeness (QED) is 0.273. The Morgan fingerprint density at radius 1 is 1.04 bits per heavy atom. The van der Waals surface area contributed by atoms with Crippen LogP contribution in [0, 0.1) is 10.8 Å². The molecule has 0 saturated heterocycles. The van der Waals surface area contributed by atoms with Gasteiger partial charge in [-0.05, 0) is 40.5 Å². The van der Waals surface area contributed by atoms with Crippen LogP contribution in [0.5, 0.6) is 0 Å². The minimum atomic E-state index is -0.580. The van der Waals surface area contributed by atoms with Gasteiger partial charge in [0, 0.05) is 33.7 Å². The largest absolute Gasteiger partial charge is 0.357 e. The Morgan fingerprint density at radius 3 is 2.07 bits per heavy atom. The smallest absolute Gasteiger partial charge is 0.230 e. The number of carbonyl (C=O) groups is 2. The monoisotopic (exact) mass is 495 g/mol. The summed E-state index contributed by atoms with van der Waals surface area (Å²) in [5.74, 6) is 0.832. The number of carbonyl (C=O) groups excluding carboxylic acids is 2. The second-order valence-corrected chi connectivity index (χ2v) is 7.98. The number of nitrogens with zero attached hydrogens (tertiary/aromatic N) is 2. The lowest BCUT2D eigenvalue weighted by Gasteiger charge is -2.31. The number of nitrogens with one attached hydrogen (secondary N) is 3. The summed E-state index contributed by atoms with van der Waals surface area (Å²) in [6.45, 7) is 9.97. The normalized spacial score (nSPS) is 16.3. The van der Waals surface area contributed by atoms with E-state index in [-0.39, 0.29) is 41.2 Å². The molecule has 0 aromatic rings. The number of guanidine groups is 1. The van der Waals surface area contributed by atoms with Crippen molar-refractivity contribution < 1.29 is 9.59 Å². The molecule has 0 bridgehead atoms. The van der Waals surface area contributed by atoms with Gasteiger partial charge in [-0.15, -0.1) is 24.0 Å². The summed E-state index contributed by atoms with van der Waals surface area (Å²) in [5.41, 5.74) is -0.933. The van der Waals surface area contributed by atoms with Crippen molar-refractivity contribution >= 4 is 41.8 Å². The predicted octanol–water partition coefficient (Wildman–Crippen LogP) is 1.97. The highest BCUT2D eigenvalue weighted by Crippen LogP contribution is 2.38. The molecule has 0 spiro atoms. The van der Waals surface area contributed by atoms with Crippen molar-refractivity contribution in [2.45, 2.75) is 53.4 Å². The van der Waals surface area contributed by atoms with Crippen molar-refractivity contribution in [1.29, 1.82) is 0 Å². The van der Waals surface area contributed by atoms with Crippen LogP contribution in [0.2, 0.25) is 0 Å². The summed E-state index contributed by atoms with van der Waals surface area (Å²) in [6.07, 6.45) is 3.97. The molecule has 1 saturated carbocycles. The number of halogens is 1. The van der Waals surface area contributed by atoms with Gasteiger partial charge >= 0.3 is 0 Å². The third-order valence-electron chi connectivity index (χ3n) is 4.94. The van der Waals surface area contributed by atoms with Gasteiger partial charge in [0.15, 0.2) is 5.96 Å². The molecule has 158 valence electrons. The number of aliphatic imine (C=N–C) groups is 1. The Hall–Kier alpha value is -1.06. The molecule has 0 radical (unpaired) electrons. The maximum atomic E-state index is 12.7. The molecule has 0 atom stereocenters. The Morgan fingerprint density at radius 2 is 1.59 bits per heavy atom. The second-order valence-electron chi connectivity index (χ2n) is 7.98. The van der Waals surface area contributed by atoms with Crippen molar-refractivity contribution in [3.63, 3.8) is 0 Å². The molecule has 0 heterocycles. The van der Waals surface area contributed by atoms with Crippen LogP contribution in [-0.4, -0.2) is 62.9 Å². The van der Waals surface area contributed by atoms with Crippen LogP contribution in [0.15, 0.2) is 4.99 Å². The summed E-state index contributed by atoms with van der Waals surface area (Å²) in [7, 11) is 3.63. The Labute approximate surface area is 181 Å². The maximum absolute atomic E-state index is 12.7. The van der Waals surface area contributed by atoms with Gasteiger partial charge in [-0.3, -0.25) is 14.6 Å². The van der Waals surface area contributed by atoms with Gasteiger partial charge in [0.1, 0.15) is 0 Å². The van der Waals surface area contributed by atoms with E-state index in [0.29, 0.717) is 25.6 Å². The van der Waals surface area contributed by atoms with Crippen LogP contribution in [0.25, 0.3) is 0 Å². The zero-order valence-electron chi connectivity index (χ0n) is 17.8. The van der Waals surface area contributed by atoms with E-state index in [0.717, 1.165) is 32.2 Å². The van der Waals surface area contributed by atoms with E-state index in [2.05, 4.69) is 20.9 Å². The molecule has 1 rings (SSSR count). The highest BCUT2D eigenvalue weighted by molar-refractivity contribution is 14.0. The van der Waals surface area contributed by atoms with E-state index >= 15 is 0 Å². The lowest BCUT2D eigenvalue weighted by molar-refractivity contribution is -0.138. The Balaban J connectivity index is 0.00000676. The number of hydrogen-bond acceptors (Lipinski definition) is 3. The summed E-state index contributed by atoms with van der Waals surface area (Å²) >= 11 is 0. The minimum Gasteiger partial charge on any atom is -0.357 e. The summed E-state index contributed by atoms with van der Waals surface area (Å²) in [4.78, 5) is 31.1. The van der Waals surface area contributed by atoms with Gasteiger partial charge in [0.05, 0.1) is 17.4 Å². The molecule has 1 aliphatic carbocycles. The van der Waals surface area contributed by atoms with Crippen molar-refractivity contribution in [2.75, 3.05) is 40.3 Å². The highest BCUT2D eigenvalue weighted by Gasteiger charge is 2.42. The van der Waals surface area contributed by atoms with Crippen LogP contribution in [0.1, 0.15) is 53.4 Å². The molecule has 7 nitrogen and oxygen atoms in total. The molecule has 1 aliphatic rings. The van der Waals surface area contributed by atoms with Gasteiger partial charge in [-0.2, -0.15) is 0 Å². The van der Waals surface area contributed by atoms with Gasteiger partial charge in [0.2, 0.25) is 11.8 Å². The van der Waals surface area contributed by atoms with Crippen LogP contribution < -0.4 is 16.0 Å². The first-order valence-corrected chi connectivity index (χ1v) is 9.71. The predicted molar refractivity (Wildman–Crippen MR) is 121 cm³/mol. The number of rotatable bonds is 8. The Kier molecular flexibility index (Phi) is 11.2. The molecule has 27 heavy (non-hydrogen) atoms. The van der Waals surface area contributed by atoms with E-state index in [1.165, 1.54) is 0 Å². The zero-order valence-corrected chi connectivity index (χ0v) is 20.1. The second kappa shape index (κ2) is 11.7. The summed E-state index contributed by atoms with van der Waals surface area (Å²) < 4.78 is 0. The SMILES string of the molecule is CCNC(=O)C(C)(C)CN=C(NCC)NCC1(C(=O)N(C)C)CCCC1.I. The van der Waals surface area contributed by atoms with Crippen LogP contribution >= 0.6 is 24.0 Å². The number of amides is 2. The number of hydrogen-bond donors (Lipinski definition) is 3. The third-order valence-corrected chi connectivity index (χ3v) is 4.94. The molecule has 3 N–H and O–H groups in total. The Bertz CT molecular complexity index is 514. The topological polar surface area (TPSA) is 85.8 Å². The first kappa shape index (κ1) is 25.9. The molecular weight excluding hydrogens is 457 g/mol. The van der Waals surface area contributed by atoms with Crippen molar-refractivity contribution in [3.05, 3.63) is 0 Å². The first-order chi connectivity index (χ1) is 12.2. The van der Waals surface area contributed by atoms with E-state index in [9.17, 15) is 9.59 Å². The first-order valence-electron chi connectivity index (χ1n) is 9.71. The molecule has 1 fully saturated rings. The van der Waals surface area contributed by atoms with E-state index in [4.69, 9.17) is 0 Å². The van der Waals surface area contributed by atoms with Crippen molar-refractivity contribution in [3.8, 4) is 0 Å². The molecule has 0 unspecified atom stereocenters. The molecule has 0 aromatic carbocycles. The molecule has 0 aliphatic heterocycles. The van der Waals surface area contributed by atoms with Crippen LogP contribution in [0.3, 0.4) is 0 Å². The van der Waals surface area contributed by atoms with Gasteiger partial charge < -0.3 is 20.9 Å². The molecular formula is C19H38IN5O2. The fourth-order valence-corrected chi connectivity index (χ4v) is 3.34. The average molecular weight is 495 g/mol. The van der Waals surface area contributed by atoms with E-state index in [1.54, 1.807) is 4.90 Å².